The maximum Gasteiger partial charge on any atom is 0.0769 e. The van der Waals surface area contributed by atoms with Crippen LogP contribution in [0.15, 0.2) is 47.7 Å². The van der Waals surface area contributed by atoms with Gasteiger partial charge in [-0.25, -0.2) is 0 Å². The minimum absolute atomic E-state index is 0.299. The Hall–Kier alpha value is -0.900. The van der Waals surface area contributed by atoms with Gasteiger partial charge in [-0.05, 0) is 29.8 Å². The van der Waals surface area contributed by atoms with Gasteiger partial charge in [0.05, 0.1) is 6.04 Å². The highest BCUT2D eigenvalue weighted by Gasteiger charge is 2.16. The maximum absolute atomic E-state index is 3.82. The smallest absolute Gasteiger partial charge is 0.0769 e. The van der Waals surface area contributed by atoms with Crippen molar-refractivity contribution in [2.45, 2.75) is 19.0 Å². The third-order valence-electron chi connectivity index (χ3n) is 2.44. The second-order valence-electron chi connectivity index (χ2n) is 3.65. The Balaban J connectivity index is 2.24. The van der Waals surface area contributed by atoms with Crippen LogP contribution in [-0.2, 0) is 0 Å². The van der Waals surface area contributed by atoms with E-state index in [4.69, 9.17) is 0 Å². The number of thiophene rings is 2. The van der Waals surface area contributed by atoms with Crippen molar-refractivity contribution in [3.05, 3.63) is 57.4 Å². The molecule has 1 nitrogen and oxygen atoms in total. The third-order valence-corrected chi connectivity index (χ3v) is 4.31. The zero-order valence-electron chi connectivity index (χ0n) is 9.22. The molecule has 84 valence electrons. The Morgan fingerprint density at radius 2 is 1.75 bits per heavy atom. The molecule has 0 fully saturated rings. The zero-order chi connectivity index (χ0) is 11.4. The van der Waals surface area contributed by atoms with E-state index >= 15 is 0 Å². The zero-order valence-corrected chi connectivity index (χ0v) is 10.9. The summed E-state index contributed by atoms with van der Waals surface area (Å²) in [7, 11) is 0. The molecule has 0 aliphatic rings. The van der Waals surface area contributed by atoms with Crippen LogP contribution in [-0.4, -0.2) is 6.04 Å². The van der Waals surface area contributed by atoms with E-state index in [0.717, 1.165) is 0 Å². The Labute approximate surface area is 104 Å². The fourth-order valence-corrected chi connectivity index (χ4v) is 3.23. The number of hydrogen-bond acceptors (Lipinski definition) is 3. The molecule has 0 aliphatic heterocycles. The molecule has 1 atom stereocenters. The quantitative estimate of drug-likeness (QED) is 0.788. The fourth-order valence-electron chi connectivity index (χ4n) is 1.55. The first-order chi connectivity index (χ1) is 7.81. The minimum Gasteiger partial charge on any atom is -0.299 e. The lowest BCUT2D eigenvalue weighted by atomic mass is 10.1. The number of rotatable bonds is 5. The van der Waals surface area contributed by atoms with Crippen molar-refractivity contribution in [3.8, 4) is 0 Å². The Bertz CT molecular complexity index is 382. The first kappa shape index (κ1) is 11.6. The van der Waals surface area contributed by atoms with Crippen LogP contribution in [0.5, 0.6) is 0 Å². The summed E-state index contributed by atoms with van der Waals surface area (Å²) in [5.41, 5.74) is 0. The van der Waals surface area contributed by atoms with Crippen molar-refractivity contribution in [1.82, 2.24) is 5.32 Å². The molecule has 1 N–H and O–H groups in total. The van der Waals surface area contributed by atoms with Gasteiger partial charge in [0.15, 0.2) is 0 Å². The predicted octanol–water partition coefficient (Wildman–Crippen LogP) is 4.06. The van der Waals surface area contributed by atoms with Crippen LogP contribution in [0, 0.1) is 0 Å². The molecule has 0 aromatic carbocycles. The Morgan fingerprint density at radius 3 is 2.12 bits per heavy atom. The summed E-state index contributed by atoms with van der Waals surface area (Å²) in [4.78, 5) is 2.72. The van der Waals surface area contributed by atoms with Gasteiger partial charge in [-0.2, -0.15) is 0 Å². The highest BCUT2D eigenvalue weighted by atomic mass is 32.1. The molecule has 3 heteroatoms. The first-order valence-corrected chi connectivity index (χ1v) is 7.02. The second-order valence-corrected chi connectivity index (χ2v) is 5.61. The first-order valence-electron chi connectivity index (χ1n) is 5.26. The molecule has 2 aromatic heterocycles. The van der Waals surface area contributed by atoms with Crippen molar-refractivity contribution < 1.29 is 0 Å². The highest BCUT2D eigenvalue weighted by molar-refractivity contribution is 7.11. The second kappa shape index (κ2) is 5.43. The lowest BCUT2D eigenvalue weighted by Gasteiger charge is -2.19. The molecule has 1 unspecified atom stereocenters. The SMILES string of the molecule is C=CC(C)NC(c1cccs1)c1cccs1. The molecule has 0 aliphatic carbocycles. The van der Waals surface area contributed by atoms with Gasteiger partial charge in [0.1, 0.15) is 0 Å². The van der Waals surface area contributed by atoms with Crippen molar-refractivity contribution in [1.29, 1.82) is 0 Å². The third kappa shape index (κ3) is 2.61. The Kier molecular flexibility index (Phi) is 3.93. The summed E-state index contributed by atoms with van der Waals surface area (Å²) < 4.78 is 0. The summed E-state index contributed by atoms with van der Waals surface area (Å²) in [5, 5.41) is 7.82. The molecule has 2 rings (SSSR count). The van der Waals surface area contributed by atoms with Gasteiger partial charge in [-0.1, -0.05) is 18.2 Å². The molecule has 2 aromatic rings. The number of nitrogens with one attached hydrogen (secondary N) is 1. The van der Waals surface area contributed by atoms with Gasteiger partial charge < -0.3 is 0 Å². The molecule has 16 heavy (non-hydrogen) atoms. The molecule has 0 saturated carbocycles. The molecular formula is C13H15NS2. The molecule has 0 saturated heterocycles. The van der Waals surface area contributed by atoms with Crippen molar-refractivity contribution in [2.24, 2.45) is 0 Å². The van der Waals surface area contributed by atoms with E-state index in [1.807, 2.05) is 6.08 Å². The standard InChI is InChI=1S/C13H15NS2/c1-3-10(2)14-13(11-6-4-8-15-11)12-7-5-9-16-12/h3-10,13-14H,1H2,2H3. The lowest BCUT2D eigenvalue weighted by molar-refractivity contribution is 0.576. The minimum atomic E-state index is 0.299. The van der Waals surface area contributed by atoms with Crippen molar-refractivity contribution in [2.75, 3.05) is 0 Å². The topological polar surface area (TPSA) is 12.0 Å². The van der Waals surface area contributed by atoms with Crippen LogP contribution >= 0.6 is 22.7 Å². The summed E-state index contributed by atoms with van der Waals surface area (Å²) in [6.07, 6.45) is 1.94. The maximum atomic E-state index is 3.82. The van der Waals surface area contributed by atoms with Crippen LogP contribution in [0.4, 0.5) is 0 Å². The van der Waals surface area contributed by atoms with Crippen LogP contribution < -0.4 is 5.32 Å². The van der Waals surface area contributed by atoms with Crippen LogP contribution in [0.25, 0.3) is 0 Å². The summed E-state index contributed by atoms with van der Waals surface area (Å²) in [5.74, 6) is 0. The lowest BCUT2D eigenvalue weighted by Crippen LogP contribution is -2.28. The van der Waals surface area contributed by atoms with E-state index < -0.39 is 0 Å². The predicted molar refractivity (Wildman–Crippen MR) is 73.3 cm³/mol. The average Bonchev–Trinajstić information content (AvgIpc) is 2.97. The molecule has 0 bridgehead atoms. The molecule has 0 radical (unpaired) electrons. The highest BCUT2D eigenvalue weighted by Crippen LogP contribution is 2.29. The van der Waals surface area contributed by atoms with Gasteiger partial charge in [-0.3, -0.25) is 5.32 Å². The molecule has 0 spiro atoms. The van der Waals surface area contributed by atoms with E-state index in [0.29, 0.717) is 12.1 Å². The average molecular weight is 249 g/mol. The van der Waals surface area contributed by atoms with Crippen LogP contribution in [0.1, 0.15) is 22.7 Å². The normalized spacial score (nSPS) is 12.9. The van der Waals surface area contributed by atoms with E-state index in [-0.39, 0.29) is 0 Å². The summed E-state index contributed by atoms with van der Waals surface area (Å²) in [6.45, 7) is 5.95. The molecule has 2 heterocycles. The van der Waals surface area contributed by atoms with Gasteiger partial charge in [0.25, 0.3) is 0 Å². The summed E-state index contributed by atoms with van der Waals surface area (Å²) >= 11 is 3.58. The van der Waals surface area contributed by atoms with Crippen LogP contribution in [0.2, 0.25) is 0 Å². The van der Waals surface area contributed by atoms with Crippen LogP contribution in [0.3, 0.4) is 0 Å². The summed E-state index contributed by atoms with van der Waals surface area (Å²) in [6, 6.07) is 9.17. The van der Waals surface area contributed by atoms with E-state index in [1.165, 1.54) is 9.75 Å². The van der Waals surface area contributed by atoms with E-state index in [2.05, 4.69) is 53.8 Å². The Morgan fingerprint density at radius 1 is 1.19 bits per heavy atom. The monoisotopic (exact) mass is 249 g/mol. The number of hydrogen-bond donors (Lipinski definition) is 1. The van der Waals surface area contributed by atoms with Gasteiger partial charge in [-0.15, -0.1) is 29.3 Å². The van der Waals surface area contributed by atoms with Gasteiger partial charge >= 0.3 is 0 Å². The van der Waals surface area contributed by atoms with E-state index in [9.17, 15) is 0 Å². The fraction of sp³-hybridized carbons (Fsp3) is 0.231. The van der Waals surface area contributed by atoms with Gasteiger partial charge in [0.2, 0.25) is 0 Å². The molecular weight excluding hydrogens is 234 g/mol. The van der Waals surface area contributed by atoms with Crippen molar-refractivity contribution >= 4 is 22.7 Å². The van der Waals surface area contributed by atoms with Gasteiger partial charge in [0, 0.05) is 15.8 Å². The molecule has 0 amide bonds. The van der Waals surface area contributed by atoms with E-state index in [1.54, 1.807) is 22.7 Å². The van der Waals surface area contributed by atoms with Crippen molar-refractivity contribution in [3.63, 3.8) is 0 Å². The largest absolute Gasteiger partial charge is 0.299 e.